The van der Waals surface area contributed by atoms with Gasteiger partial charge in [0.1, 0.15) is 24.0 Å². The molecule has 0 spiro atoms. The van der Waals surface area contributed by atoms with Gasteiger partial charge in [-0.1, -0.05) is 6.07 Å². The molecule has 2 amide bonds. The van der Waals surface area contributed by atoms with E-state index >= 15 is 0 Å². The molecule has 0 aliphatic carbocycles. The molecule has 1 aromatic heterocycles. The lowest BCUT2D eigenvalue weighted by atomic mass is 10.2. The second-order valence-electron chi connectivity index (χ2n) is 6.26. The van der Waals surface area contributed by atoms with Crippen molar-refractivity contribution in [2.24, 2.45) is 0 Å². The van der Waals surface area contributed by atoms with Crippen LogP contribution >= 0.6 is 0 Å². The molecular formula is C19H20F2N4O2. The zero-order chi connectivity index (χ0) is 19.4. The van der Waals surface area contributed by atoms with Crippen molar-refractivity contribution in [3.05, 3.63) is 54.2 Å². The number of hydrogen-bond acceptors (Lipinski definition) is 4. The number of pyridine rings is 1. The summed E-state index contributed by atoms with van der Waals surface area (Å²) in [5.41, 5.74) is -0.107. The fourth-order valence-electron chi connectivity index (χ4n) is 3.03. The van der Waals surface area contributed by atoms with Crippen LogP contribution in [0.2, 0.25) is 0 Å². The van der Waals surface area contributed by atoms with Crippen LogP contribution in [0.3, 0.4) is 0 Å². The van der Waals surface area contributed by atoms with Gasteiger partial charge in [-0.25, -0.2) is 13.8 Å². The summed E-state index contributed by atoms with van der Waals surface area (Å²) in [6, 6.07) is 8.58. The van der Waals surface area contributed by atoms with Crippen LogP contribution in [0.4, 0.5) is 20.3 Å². The third-order valence-electron chi connectivity index (χ3n) is 4.48. The highest BCUT2D eigenvalue weighted by Gasteiger charge is 2.26. The summed E-state index contributed by atoms with van der Waals surface area (Å²) in [6.07, 6.45) is 1.72. The first-order chi connectivity index (χ1) is 13.0. The number of halogens is 2. The van der Waals surface area contributed by atoms with Crippen LogP contribution in [-0.4, -0.2) is 54.4 Å². The van der Waals surface area contributed by atoms with E-state index in [-0.39, 0.29) is 18.1 Å². The molecule has 0 saturated carbocycles. The van der Waals surface area contributed by atoms with Gasteiger partial charge in [0.25, 0.3) is 0 Å². The number of hydrogen-bond donors (Lipinski definition) is 0. The van der Waals surface area contributed by atoms with Gasteiger partial charge in [0.05, 0.1) is 5.69 Å². The van der Waals surface area contributed by atoms with Gasteiger partial charge in [-0.15, -0.1) is 0 Å². The third-order valence-corrected chi connectivity index (χ3v) is 4.48. The highest BCUT2D eigenvalue weighted by molar-refractivity contribution is 5.97. The fraction of sp³-hybridized carbons (Fsp3) is 0.316. The average molecular weight is 374 g/mol. The minimum Gasteiger partial charge on any atom is -0.353 e. The summed E-state index contributed by atoms with van der Waals surface area (Å²) in [5, 5.41) is 0. The summed E-state index contributed by atoms with van der Waals surface area (Å²) in [6.45, 7) is 3.15. The minimum atomic E-state index is -0.877. The monoisotopic (exact) mass is 374 g/mol. The molecule has 142 valence electrons. The van der Waals surface area contributed by atoms with Gasteiger partial charge >= 0.3 is 0 Å². The molecule has 0 bridgehead atoms. The van der Waals surface area contributed by atoms with Gasteiger partial charge in [0.2, 0.25) is 11.8 Å². The standard InChI is InChI=1S/C19H20F2N4O2/c1-14(26)25(17-6-5-15(20)12-16(17)21)13-19(27)24-10-8-23(9-11-24)18-4-2-3-7-22-18/h2-7,12H,8-11,13H2,1H3. The number of anilines is 2. The number of rotatable bonds is 4. The van der Waals surface area contributed by atoms with Crippen molar-refractivity contribution in [3.8, 4) is 0 Å². The summed E-state index contributed by atoms with van der Waals surface area (Å²) in [5.74, 6) is -1.53. The Morgan fingerprint density at radius 3 is 2.44 bits per heavy atom. The van der Waals surface area contributed by atoms with Crippen LogP contribution in [0.1, 0.15) is 6.92 Å². The molecule has 3 rings (SSSR count). The smallest absolute Gasteiger partial charge is 0.242 e. The molecule has 1 saturated heterocycles. The number of benzene rings is 1. The molecule has 27 heavy (non-hydrogen) atoms. The third kappa shape index (κ3) is 4.39. The topological polar surface area (TPSA) is 56.8 Å². The van der Waals surface area contributed by atoms with Crippen LogP contribution in [0.25, 0.3) is 0 Å². The van der Waals surface area contributed by atoms with Crippen molar-refractivity contribution in [2.75, 3.05) is 42.5 Å². The first-order valence-electron chi connectivity index (χ1n) is 8.62. The Morgan fingerprint density at radius 2 is 1.85 bits per heavy atom. The Kier molecular flexibility index (Phi) is 5.63. The summed E-state index contributed by atoms with van der Waals surface area (Å²) >= 11 is 0. The molecule has 2 heterocycles. The van der Waals surface area contributed by atoms with E-state index in [4.69, 9.17) is 0 Å². The van der Waals surface area contributed by atoms with Crippen molar-refractivity contribution >= 4 is 23.3 Å². The predicted molar refractivity (Wildman–Crippen MR) is 97.4 cm³/mol. The van der Waals surface area contributed by atoms with Crippen molar-refractivity contribution in [1.82, 2.24) is 9.88 Å². The summed E-state index contributed by atoms with van der Waals surface area (Å²) < 4.78 is 27.1. The molecule has 0 radical (unpaired) electrons. The molecule has 1 fully saturated rings. The maximum absolute atomic E-state index is 14.0. The van der Waals surface area contributed by atoms with Gasteiger partial charge in [0.15, 0.2) is 0 Å². The molecular weight excluding hydrogens is 354 g/mol. The Hall–Kier alpha value is -3.03. The summed E-state index contributed by atoms with van der Waals surface area (Å²) in [4.78, 5) is 33.6. The molecule has 0 N–H and O–H groups in total. The predicted octanol–water partition coefficient (Wildman–Crippen LogP) is 2.06. The minimum absolute atomic E-state index is 0.107. The van der Waals surface area contributed by atoms with Crippen molar-refractivity contribution < 1.29 is 18.4 Å². The normalized spacial score (nSPS) is 14.2. The van der Waals surface area contributed by atoms with Gasteiger partial charge in [-0.05, 0) is 24.3 Å². The van der Waals surface area contributed by atoms with Gasteiger partial charge in [-0.3, -0.25) is 9.59 Å². The van der Waals surface area contributed by atoms with Gasteiger partial charge in [0, 0.05) is 45.4 Å². The molecule has 1 aliphatic rings. The maximum atomic E-state index is 14.0. The lowest BCUT2D eigenvalue weighted by Gasteiger charge is -2.36. The molecule has 1 aromatic carbocycles. The lowest BCUT2D eigenvalue weighted by molar-refractivity contribution is -0.131. The number of nitrogens with zero attached hydrogens (tertiary/aromatic N) is 4. The first kappa shape index (κ1) is 18.8. The van der Waals surface area contributed by atoms with Crippen molar-refractivity contribution in [2.45, 2.75) is 6.92 Å². The SMILES string of the molecule is CC(=O)N(CC(=O)N1CCN(c2ccccn2)CC1)c1ccc(F)cc1F. The average Bonchev–Trinajstić information content (AvgIpc) is 2.67. The molecule has 0 atom stereocenters. The number of carbonyl (C=O) groups excluding carboxylic acids is 2. The van der Waals surface area contributed by atoms with Crippen LogP contribution in [0.15, 0.2) is 42.6 Å². The Bertz CT molecular complexity index is 824. The van der Waals surface area contributed by atoms with E-state index in [1.165, 1.54) is 13.0 Å². The zero-order valence-corrected chi connectivity index (χ0v) is 14.9. The first-order valence-corrected chi connectivity index (χ1v) is 8.62. The lowest BCUT2D eigenvalue weighted by Crippen LogP contribution is -2.52. The van der Waals surface area contributed by atoms with E-state index in [0.29, 0.717) is 32.2 Å². The van der Waals surface area contributed by atoms with Crippen molar-refractivity contribution in [1.29, 1.82) is 0 Å². The van der Waals surface area contributed by atoms with Gasteiger partial charge in [-0.2, -0.15) is 0 Å². The molecule has 6 nitrogen and oxygen atoms in total. The van der Waals surface area contributed by atoms with Crippen LogP contribution in [-0.2, 0) is 9.59 Å². The summed E-state index contributed by atoms with van der Waals surface area (Å²) in [7, 11) is 0. The molecule has 1 aliphatic heterocycles. The molecule has 2 aromatic rings. The van der Waals surface area contributed by atoms with Gasteiger partial charge < -0.3 is 14.7 Å². The second-order valence-corrected chi connectivity index (χ2v) is 6.26. The van der Waals surface area contributed by atoms with E-state index in [9.17, 15) is 18.4 Å². The van der Waals surface area contributed by atoms with E-state index in [0.717, 1.165) is 16.8 Å². The Labute approximate surface area is 156 Å². The van der Waals surface area contributed by atoms with E-state index in [2.05, 4.69) is 9.88 Å². The Balaban J connectivity index is 1.64. The highest BCUT2D eigenvalue weighted by Crippen LogP contribution is 2.21. The quantitative estimate of drug-likeness (QED) is 0.822. The van der Waals surface area contributed by atoms with E-state index in [1.54, 1.807) is 11.1 Å². The fourth-order valence-corrected chi connectivity index (χ4v) is 3.03. The van der Waals surface area contributed by atoms with Crippen LogP contribution in [0, 0.1) is 11.6 Å². The number of aromatic nitrogens is 1. The van der Waals surface area contributed by atoms with E-state index in [1.807, 2.05) is 18.2 Å². The zero-order valence-electron chi connectivity index (χ0n) is 14.9. The number of amides is 2. The maximum Gasteiger partial charge on any atom is 0.242 e. The second kappa shape index (κ2) is 8.11. The molecule has 8 heteroatoms. The number of piperazine rings is 1. The Morgan fingerprint density at radius 1 is 1.11 bits per heavy atom. The van der Waals surface area contributed by atoms with Crippen LogP contribution in [0.5, 0.6) is 0 Å². The number of carbonyl (C=O) groups is 2. The molecule has 0 unspecified atom stereocenters. The highest BCUT2D eigenvalue weighted by atomic mass is 19.1. The van der Waals surface area contributed by atoms with Crippen molar-refractivity contribution in [3.63, 3.8) is 0 Å². The van der Waals surface area contributed by atoms with E-state index < -0.39 is 17.5 Å². The van der Waals surface area contributed by atoms with Crippen LogP contribution < -0.4 is 9.80 Å². The largest absolute Gasteiger partial charge is 0.353 e.